The fourth-order valence-electron chi connectivity index (χ4n) is 1.57. The van der Waals surface area contributed by atoms with E-state index >= 15 is 0 Å². The average Bonchev–Trinajstić information content (AvgIpc) is 2.44. The summed E-state index contributed by atoms with van der Waals surface area (Å²) in [5.41, 5.74) is 0.743. The average molecular weight is 314 g/mol. The van der Waals surface area contributed by atoms with E-state index in [1.54, 1.807) is 0 Å². The van der Waals surface area contributed by atoms with Gasteiger partial charge in [-0.1, -0.05) is 12.0 Å². The molecule has 118 valence electrons. The fraction of sp³-hybridized carbons (Fsp3) is 0.500. The van der Waals surface area contributed by atoms with Crippen molar-refractivity contribution in [1.82, 2.24) is 5.32 Å². The normalized spacial score (nSPS) is 10.4. The summed E-state index contributed by atoms with van der Waals surface area (Å²) in [6, 6.07) is 5.73. The number of terminal acetylenes is 1. The number of hydrogen-bond donors (Lipinski definition) is 2. The Balaban J connectivity index is 0.00000400. The number of rotatable bonds is 8. The number of nitrogens with one attached hydrogen (secondary N) is 1. The van der Waals surface area contributed by atoms with Crippen LogP contribution >= 0.6 is 12.4 Å². The van der Waals surface area contributed by atoms with E-state index in [0.717, 1.165) is 5.56 Å². The highest BCUT2D eigenvalue weighted by Gasteiger charge is 2.15. The molecule has 0 radical (unpaired) electrons. The summed E-state index contributed by atoms with van der Waals surface area (Å²) in [5, 5.41) is 12.5. The molecule has 1 rings (SSSR count). The molecule has 2 N–H and O–H groups in total. The van der Waals surface area contributed by atoms with Gasteiger partial charge in [0.05, 0.1) is 13.2 Å². The number of aliphatic hydroxyl groups excluding tert-OH is 1. The minimum atomic E-state index is -0.315. The van der Waals surface area contributed by atoms with Crippen LogP contribution in [0.5, 0.6) is 11.5 Å². The van der Waals surface area contributed by atoms with Crippen LogP contribution in [-0.2, 0) is 6.54 Å². The molecule has 0 aromatic heterocycles. The number of aliphatic hydroxyl groups is 1. The lowest BCUT2D eigenvalue weighted by Gasteiger charge is -2.23. The van der Waals surface area contributed by atoms with Gasteiger partial charge in [-0.25, -0.2) is 0 Å². The Kier molecular flexibility index (Phi) is 8.87. The molecule has 1 aromatic rings. The fourth-order valence-corrected chi connectivity index (χ4v) is 1.57. The minimum absolute atomic E-state index is 0. The Hall–Kier alpha value is -1.41. The second-order valence-corrected chi connectivity index (χ2v) is 5.10. The molecule has 0 aliphatic carbocycles. The van der Waals surface area contributed by atoms with Crippen LogP contribution in [0.15, 0.2) is 18.2 Å². The molecule has 0 aliphatic rings. The van der Waals surface area contributed by atoms with Crippen molar-refractivity contribution in [3.8, 4) is 23.8 Å². The van der Waals surface area contributed by atoms with Crippen LogP contribution in [0, 0.1) is 12.3 Å². The molecule has 0 heterocycles. The van der Waals surface area contributed by atoms with Gasteiger partial charge in [0.2, 0.25) is 0 Å². The van der Waals surface area contributed by atoms with Gasteiger partial charge in [-0.15, -0.1) is 18.8 Å². The summed E-state index contributed by atoms with van der Waals surface area (Å²) in [5.74, 6) is 3.77. The van der Waals surface area contributed by atoms with Crippen molar-refractivity contribution < 1.29 is 14.6 Å². The van der Waals surface area contributed by atoms with Crippen molar-refractivity contribution in [2.45, 2.75) is 32.9 Å². The van der Waals surface area contributed by atoms with Gasteiger partial charge in [-0.05, 0) is 38.5 Å². The van der Waals surface area contributed by atoms with E-state index in [1.807, 2.05) is 39.0 Å². The van der Waals surface area contributed by atoms with Gasteiger partial charge in [0.15, 0.2) is 11.5 Å². The molecule has 0 saturated heterocycles. The highest BCUT2D eigenvalue weighted by Crippen LogP contribution is 2.28. The largest absolute Gasteiger partial charge is 0.490 e. The molecule has 1 aromatic carbocycles. The van der Waals surface area contributed by atoms with Crippen molar-refractivity contribution in [2.75, 3.05) is 19.8 Å². The summed E-state index contributed by atoms with van der Waals surface area (Å²) in [4.78, 5) is 0. The summed E-state index contributed by atoms with van der Waals surface area (Å²) >= 11 is 0. The number of halogens is 1. The molecular formula is C16H24ClNO3. The highest BCUT2D eigenvalue weighted by atomic mass is 35.5. The van der Waals surface area contributed by atoms with E-state index in [4.69, 9.17) is 15.9 Å². The van der Waals surface area contributed by atoms with Crippen LogP contribution in [-0.4, -0.2) is 30.5 Å². The van der Waals surface area contributed by atoms with E-state index in [2.05, 4.69) is 11.2 Å². The van der Waals surface area contributed by atoms with Crippen molar-refractivity contribution in [3.63, 3.8) is 0 Å². The monoisotopic (exact) mass is 313 g/mol. The summed E-state index contributed by atoms with van der Waals surface area (Å²) in [7, 11) is 0. The molecule has 0 unspecified atom stereocenters. The molecule has 4 nitrogen and oxygen atoms in total. The zero-order valence-corrected chi connectivity index (χ0v) is 13.6. The number of ether oxygens (including phenoxy) is 2. The number of hydrogen-bond acceptors (Lipinski definition) is 4. The molecule has 0 fully saturated rings. The first-order valence-corrected chi connectivity index (χ1v) is 6.70. The molecule has 0 aliphatic heterocycles. The first-order valence-electron chi connectivity index (χ1n) is 6.70. The smallest absolute Gasteiger partial charge is 0.162 e. The van der Waals surface area contributed by atoms with Gasteiger partial charge < -0.3 is 19.9 Å². The molecule has 0 bridgehead atoms. The Labute approximate surface area is 133 Å². The first-order chi connectivity index (χ1) is 9.52. The van der Waals surface area contributed by atoms with Crippen molar-refractivity contribution in [2.24, 2.45) is 0 Å². The molecule has 0 spiro atoms. The molecule has 5 heteroatoms. The second kappa shape index (κ2) is 9.51. The van der Waals surface area contributed by atoms with E-state index < -0.39 is 0 Å². The summed E-state index contributed by atoms with van der Waals surface area (Å²) in [6.45, 7) is 7.31. The third-order valence-electron chi connectivity index (χ3n) is 2.79. The quantitative estimate of drug-likeness (QED) is 0.724. The van der Waals surface area contributed by atoms with Crippen LogP contribution in [0.25, 0.3) is 0 Å². The van der Waals surface area contributed by atoms with Crippen LogP contribution < -0.4 is 14.8 Å². The molecular weight excluding hydrogens is 290 g/mol. The lowest BCUT2D eigenvalue weighted by molar-refractivity contribution is 0.187. The van der Waals surface area contributed by atoms with Crippen molar-refractivity contribution in [1.29, 1.82) is 0 Å². The SMILES string of the molecule is C#CCOc1ccc(CNC(C)(C)CO)cc1OCC.Cl. The van der Waals surface area contributed by atoms with Gasteiger partial charge in [-0.3, -0.25) is 0 Å². The maximum Gasteiger partial charge on any atom is 0.162 e. The van der Waals surface area contributed by atoms with Gasteiger partial charge in [-0.2, -0.15) is 0 Å². The van der Waals surface area contributed by atoms with E-state index in [1.165, 1.54) is 0 Å². The highest BCUT2D eigenvalue weighted by molar-refractivity contribution is 5.85. The van der Waals surface area contributed by atoms with Gasteiger partial charge in [0.1, 0.15) is 6.61 Å². The van der Waals surface area contributed by atoms with E-state index in [0.29, 0.717) is 24.7 Å². The van der Waals surface area contributed by atoms with Crippen LogP contribution in [0.1, 0.15) is 26.3 Å². The first kappa shape index (κ1) is 19.6. The Morgan fingerprint density at radius 2 is 2.00 bits per heavy atom. The zero-order valence-electron chi connectivity index (χ0n) is 12.8. The third kappa shape index (κ3) is 6.72. The van der Waals surface area contributed by atoms with Gasteiger partial charge >= 0.3 is 0 Å². The maximum atomic E-state index is 9.23. The van der Waals surface area contributed by atoms with Gasteiger partial charge in [0, 0.05) is 12.1 Å². The summed E-state index contributed by atoms with van der Waals surface area (Å²) < 4.78 is 11.0. The molecule has 0 atom stereocenters. The van der Waals surface area contributed by atoms with Gasteiger partial charge in [0.25, 0.3) is 0 Å². The lowest BCUT2D eigenvalue weighted by atomic mass is 10.1. The predicted molar refractivity (Wildman–Crippen MR) is 87.2 cm³/mol. The Morgan fingerprint density at radius 3 is 2.57 bits per heavy atom. The molecule has 0 amide bonds. The van der Waals surface area contributed by atoms with E-state index in [9.17, 15) is 5.11 Å². The molecule has 21 heavy (non-hydrogen) atoms. The predicted octanol–water partition coefficient (Wildman–Crippen LogP) is 2.38. The number of benzene rings is 1. The van der Waals surface area contributed by atoms with E-state index in [-0.39, 0.29) is 31.2 Å². The zero-order chi connectivity index (χ0) is 15.0. The third-order valence-corrected chi connectivity index (χ3v) is 2.79. The Morgan fingerprint density at radius 1 is 1.29 bits per heavy atom. The standard InChI is InChI=1S/C16H23NO3.ClH/c1-5-9-20-14-8-7-13(10-15(14)19-6-2)11-17-16(3,4)12-18;/h1,7-8,10,17-18H,6,9,11-12H2,2-4H3;1H. The van der Waals surface area contributed by atoms with Crippen molar-refractivity contribution >= 4 is 12.4 Å². The lowest BCUT2D eigenvalue weighted by Crippen LogP contribution is -2.42. The minimum Gasteiger partial charge on any atom is -0.490 e. The molecule has 0 saturated carbocycles. The second-order valence-electron chi connectivity index (χ2n) is 5.10. The Bertz CT molecular complexity index is 469. The van der Waals surface area contributed by atoms with Crippen LogP contribution in [0.3, 0.4) is 0 Å². The van der Waals surface area contributed by atoms with Crippen LogP contribution in [0.2, 0.25) is 0 Å². The summed E-state index contributed by atoms with van der Waals surface area (Å²) in [6.07, 6.45) is 5.19. The van der Waals surface area contributed by atoms with Crippen molar-refractivity contribution in [3.05, 3.63) is 23.8 Å². The van der Waals surface area contributed by atoms with Crippen LogP contribution in [0.4, 0.5) is 0 Å². The maximum absolute atomic E-state index is 9.23. The topological polar surface area (TPSA) is 50.7 Å².